The van der Waals surface area contributed by atoms with E-state index in [1.54, 1.807) is 24.3 Å². The molecule has 0 fully saturated rings. The molecule has 1 aliphatic carbocycles. The van der Waals surface area contributed by atoms with Crippen LogP contribution in [-0.2, 0) is 36.3 Å². The number of aromatic nitrogens is 5. The maximum absolute atomic E-state index is 15.6. The Morgan fingerprint density at radius 2 is 1.89 bits per heavy atom. The fraction of sp³-hybridized carbons (Fsp3) is 0.270. The van der Waals surface area contributed by atoms with Crippen molar-refractivity contribution in [3.05, 3.63) is 112 Å². The molecule has 5 N–H and O–H groups in total. The molecular formula is C37H30F7N7O2. The molecule has 9 nitrogen and oxygen atoms in total. The van der Waals surface area contributed by atoms with Crippen LogP contribution in [-0.4, -0.2) is 41.6 Å². The molecule has 2 atom stereocenters. The summed E-state index contributed by atoms with van der Waals surface area (Å²) in [5, 5.41) is 23.8. The van der Waals surface area contributed by atoms with Crippen LogP contribution in [0.3, 0.4) is 0 Å². The van der Waals surface area contributed by atoms with Gasteiger partial charge in [0.15, 0.2) is 5.69 Å². The summed E-state index contributed by atoms with van der Waals surface area (Å²) in [6, 6.07) is 9.52. The summed E-state index contributed by atoms with van der Waals surface area (Å²) in [6.45, 7) is 5.04. The Bertz CT molecular complexity index is 2340. The normalized spacial score (nSPS) is 15.7. The van der Waals surface area contributed by atoms with Gasteiger partial charge in [-0.1, -0.05) is 24.6 Å². The summed E-state index contributed by atoms with van der Waals surface area (Å²) in [6.07, 6.45) is -5.30. The third-order valence-electron chi connectivity index (χ3n) is 8.49. The van der Waals surface area contributed by atoms with Crippen LogP contribution in [0.4, 0.5) is 36.6 Å². The highest BCUT2D eigenvalue weighted by Crippen LogP contribution is 2.50. The molecule has 6 rings (SSSR count). The predicted molar refractivity (Wildman–Crippen MR) is 180 cm³/mol. The number of nitrogen functional groups attached to an aromatic ring is 1. The second-order valence-electron chi connectivity index (χ2n) is 13.0. The van der Waals surface area contributed by atoms with Crippen LogP contribution in [0.5, 0.6) is 0 Å². The first-order chi connectivity index (χ1) is 24.9. The van der Waals surface area contributed by atoms with Gasteiger partial charge < -0.3 is 16.2 Å². The van der Waals surface area contributed by atoms with E-state index in [2.05, 4.69) is 49.7 Å². The van der Waals surface area contributed by atoms with E-state index >= 15 is 8.78 Å². The average Bonchev–Trinajstić information content (AvgIpc) is 3.70. The predicted octanol–water partition coefficient (Wildman–Crippen LogP) is 6.53. The number of allylic oxidation sites excluding steroid dienone is 1. The lowest BCUT2D eigenvalue weighted by Gasteiger charge is -2.23. The van der Waals surface area contributed by atoms with E-state index in [1.165, 1.54) is 19.9 Å². The Morgan fingerprint density at radius 3 is 2.55 bits per heavy atom. The lowest BCUT2D eigenvalue weighted by molar-refractivity contribution is -0.142. The highest BCUT2D eigenvalue weighted by Gasteiger charge is 2.55. The number of carbonyl (C=O) groups excluding carboxylic acids is 1. The largest absolute Gasteiger partial charge is 0.435 e. The Hall–Kier alpha value is -5.91. The molecule has 0 saturated carbocycles. The monoisotopic (exact) mass is 737 g/mol. The van der Waals surface area contributed by atoms with Gasteiger partial charge in [-0.05, 0) is 74.6 Å². The van der Waals surface area contributed by atoms with Crippen molar-refractivity contribution in [2.75, 3.05) is 5.73 Å². The van der Waals surface area contributed by atoms with Crippen molar-refractivity contribution < 1.29 is 40.6 Å². The number of pyridine rings is 1. The van der Waals surface area contributed by atoms with Crippen LogP contribution in [0, 0.1) is 29.4 Å². The minimum atomic E-state index is -5.11. The van der Waals surface area contributed by atoms with Crippen LogP contribution >= 0.6 is 0 Å². The molecule has 5 aromatic rings. The topological polar surface area (TPSA) is 135 Å². The van der Waals surface area contributed by atoms with E-state index in [9.17, 15) is 31.9 Å². The van der Waals surface area contributed by atoms with E-state index in [-0.39, 0.29) is 29.2 Å². The standard InChI is InChI=1S/C37H30F7N7O2/c1-4-6-20-16-27-32(37(42,43)44)50-51(33(27)36(20,40)41)18-29(52)47-28(15-19-13-21(38)17-22(39)14-19)31-25(10-9-23(46-31)11-12-35(2,3)53)24-7-5-8-26-30(24)48-49-34(26)45/h5-10,13-14,17,20,28,53H,1,15-16,18H2,2-3H3,(H,47,52)(H3,45,48,49). The Kier molecular flexibility index (Phi) is 9.44. The molecule has 0 aliphatic heterocycles. The number of alkyl halides is 5. The van der Waals surface area contributed by atoms with Crippen LogP contribution in [0.25, 0.3) is 22.0 Å². The number of H-pyrrole nitrogens is 1. The zero-order chi connectivity index (χ0) is 38.5. The smallest absolute Gasteiger partial charge is 0.384 e. The third kappa shape index (κ3) is 7.53. The van der Waals surface area contributed by atoms with Crippen molar-refractivity contribution in [2.24, 2.45) is 5.92 Å². The number of halogens is 7. The van der Waals surface area contributed by atoms with Gasteiger partial charge in [-0.25, -0.2) is 13.8 Å². The van der Waals surface area contributed by atoms with Crippen LogP contribution in [0.1, 0.15) is 53.8 Å². The molecule has 1 aliphatic rings. The zero-order valence-corrected chi connectivity index (χ0v) is 28.0. The van der Waals surface area contributed by atoms with Gasteiger partial charge in [0.05, 0.1) is 17.7 Å². The first kappa shape index (κ1) is 36.9. The minimum Gasteiger partial charge on any atom is -0.384 e. The molecule has 274 valence electrons. The van der Waals surface area contributed by atoms with Gasteiger partial charge in [-0.2, -0.15) is 32.1 Å². The summed E-state index contributed by atoms with van der Waals surface area (Å²) in [5.74, 6) is -2.89. The van der Waals surface area contributed by atoms with Crippen molar-refractivity contribution in [1.82, 2.24) is 30.3 Å². The molecule has 0 radical (unpaired) electrons. The van der Waals surface area contributed by atoms with Gasteiger partial charge in [-0.3, -0.25) is 14.6 Å². The number of hydrogen-bond donors (Lipinski definition) is 4. The number of amides is 1. The van der Waals surface area contributed by atoms with Crippen LogP contribution in [0.2, 0.25) is 0 Å². The SMILES string of the molecule is C=C=CC1Cc2c(C(F)(F)F)nn(CC(=O)NC(Cc3cc(F)cc(F)c3)c3nc(C#CC(C)(C)O)ccc3-c3cccc4c(N)[nH]nc34)c2C1(F)F. The first-order valence-electron chi connectivity index (χ1n) is 16.0. The number of anilines is 1. The van der Waals surface area contributed by atoms with Gasteiger partial charge >= 0.3 is 6.18 Å². The van der Waals surface area contributed by atoms with Gasteiger partial charge in [0.25, 0.3) is 5.92 Å². The lowest BCUT2D eigenvalue weighted by Crippen LogP contribution is -2.35. The highest BCUT2D eigenvalue weighted by atomic mass is 19.4. The quantitative estimate of drug-likeness (QED) is 0.0814. The summed E-state index contributed by atoms with van der Waals surface area (Å²) >= 11 is 0. The van der Waals surface area contributed by atoms with Crippen LogP contribution in [0.15, 0.2) is 66.9 Å². The molecule has 2 unspecified atom stereocenters. The highest BCUT2D eigenvalue weighted by molar-refractivity contribution is 5.99. The lowest BCUT2D eigenvalue weighted by atomic mass is 9.93. The number of aliphatic hydroxyl groups is 1. The third-order valence-corrected chi connectivity index (χ3v) is 8.49. The van der Waals surface area contributed by atoms with Gasteiger partial charge in [0.2, 0.25) is 5.91 Å². The number of aromatic amines is 1. The fourth-order valence-electron chi connectivity index (χ4n) is 6.32. The van der Waals surface area contributed by atoms with E-state index in [1.807, 2.05) is 0 Å². The average molecular weight is 738 g/mol. The molecule has 0 bridgehead atoms. The fourth-order valence-corrected chi connectivity index (χ4v) is 6.32. The van der Waals surface area contributed by atoms with Gasteiger partial charge in [0, 0.05) is 28.1 Å². The molecule has 3 aromatic heterocycles. The van der Waals surface area contributed by atoms with E-state index in [4.69, 9.17) is 5.73 Å². The van der Waals surface area contributed by atoms with Crippen molar-refractivity contribution in [3.8, 4) is 23.0 Å². The molecular weight excluding hydrogens is 707 g/mol. The number of rotatable bonds is 8. The summed E-state index contributed by atoms with van der Waals surface area (Å²) in [4.78, 5) is 18.5. The number of nitrogens with one attached hydrogen (secondary N) is 2. The Balaban J connectivity index is 1.49. The number of benzene rings is 2. The Morgan fingerprint density at radius 1 is 1.17 bits per heavy atom. The number of carbonyl (C=O) groups is 1. The van der Waals surface area contributed by atoms with Crippen LogP contribution < -0.4 is 11.1 Å². The number of para-hydroxylation sites is 1. The zero-order valence-electron chi connectivity index (χ0n) is 28.0. The first-order valence-corrected chi connectivity index (χ1v) is 16.0. The van der Waals surface area contributed by atoms with E-state index in [0.29, 0.717) is 32.8 Å². The molecule has 0 saturated heterocycles. The molecule has 2 aromatic carbocycles. The molecule has 3 heterocycles. The van der Waals surface area contributed by atoms with Crippen molar-refractivity contribution in [3.63, 3.8) is 0 Å². The van der Waals surface area contributed by atoms with Crippen molar-refractivity contribution in [1.29, 1.82) is 0 Å². The van der Waals surface area contributed by atoms with Gasteiger partial charge in [0.1, 0.15) is 46.5 Å². The number of nitrogens with zero attached hydrogens (tertiary/aromatic N) is 4. The van der Waals surface area contributed by atoms with Crippen molar-refractivity contribution >= 4 is 22.6 Å². The number of fused-ring (bicyclic) bond motifs is 2. The minimum absolute atomic E-state index is 0.0423. The van der Waals surface area contributed by atoms with E-state index < -0.39 is 77.1 Å². The van der Waals surface area contributed by atoms with Gasteiger partial charge in [-0.15, -0.1) is 5.73 Å². The molecule has 53 heavy (non-hydrogen) atoms. The maximum Gasteiger partial charge on any atom is 0.435 e. The second kappa shape index (κ2) is 13.6. The number of nitrogens with two attached hydrogens (primary N) is 1. The maximum atomic E-state index is 15.6. The molecule has 16 heteroatoms. The molecule has 1 amide bonds. The summed E-state index contributed by atoms with van der Waals surface area (Å²) in [5.41, 5.74) is 4.81. The Labute approximate surface area is 297 Å². The molecule has 0 spiro atoms. The summed E-state index contributed by atoms with van der Waals surface area (Å²) in [7, 11) is 0. The van der Waals surface area contributed by atoms with E-state index in [0.717, 1.165) is 18.2 Å². The summed E-state index contributed by atoms with van der Waals surface area (Å²) < 4.78 is 102. The number of hydrogen-bond acceptors (Lipinski definition) is 6. The second-order valence-corrected chi connectivity index (χ2v) is 13.0. The van der Waals surface area contributed by atoms with Crippen molar-refractivity contribution in [2.45, 2.75) is 57.0 Å².